The molecule has 1 heterocycles. The molecular weight excluding hydrogens is 224 g/mol. The molecule has 0 spiro atoms. The second-order valence-electron chi connectivity index (χ2n) is 3.38. The Labute approximate surface area is 98.9 Å². The highest BCUT2D eigenvalue weighted by molar-refractivity contribution is 5.76. The summed E-state index contributed by atoms with van der Waals surface area (Å²) < 4.78 is 6.15. The van der Waals surface area contributed by atoms with Gasteiger partial charge < -0.3 is 15.8 Å². The van der Waals surface area contributed by atoms with Crippen molar-refractivity contribution in [3.8, 4) is 0 Å². The van der Waals surface area contributed by atoms with Crippen LogP contribution in [0.5, 0.6) is 0 Å². The molecule has 0 saturated carbocycles. The van der Waals surface area contributed by atoms with Gasteiger partial charge >= 0.3 is 5.97 Å². The molecule has 0 radical (unpaired) electrons. The third kappa shape index (κ3) is 5.01. The number of nitrogens with one attached hydrogen (secondary N) is 1. The van der Waals surface area contributed by atoms with Crippen LogP contribution in [-0.2, 0) is 20.9 Å². The Balaban J connectivity index is 2.19. The number of carbonyl (C=O) groups excluding carboxylic acids is 2. The average Bonchev–Trinajstić information content (AvgIpc) is 2.64. The first kappa shape index (κ1) is 13.0. The molecule has 0 aliphatic heterocycles. The summed E-state index contributed by atoms with van der Waals surface area (Å²) >= 11 is 0. The Morgan fingerprint density at radius 2 is 2.35 bits per heavy atom. The van der Waals surface area contributed by atoms with Gasteiger partial charge in [0.15, 0.2) is 0 Å². The van der Waals surface area contributed by atoms with E-state index in [1.807, 2.05) is 0 Å². The number of hydrogen-bond acceptors (Lipinski definition) is 5. The number of amides is 1. The minimum absolute atomic E-state index is 0.0834. The van der Waals surface area contributed by atoms with Gasteiger partial charge in [-0.05, 0) is 6.92 Å². The van der Waals surface area contributed by atoms with Crippen molar-refractivity contribution >= 4 is 17.6 Å². The van der Waals surface area contributed by atoms with Crippen LogP contribution in [0, 0.1) is 0 Å². The summed E-state index contributed by atoms with van der Waals surface area (Å²) in [7, 11) is 0. The minimum Gasteiger partial charge on any atom is -0.466 e. The lowest BCUT2D eigenvalue weighted by atomic mass is 10.4. The van der Waals surface area contributed by atoms with Gasteiger partial charge in [0.2, 0.25) is 5.91 Å². The second kappa shape index (κ2) is 6.51. The lowest BCUT2D eigenvalue weighted by Crippen LogP contribution is -2.30. The number of ether oxygens (including phenoxy) is 1. The highest BCUT2D eigenvalue weighted by Crippen LogP contribution is 1.96. The Bertz CT molecular complexity index is 389. The molecule has 0 aliphatic rings. The van der Waals surface area contributed by atoms with E-state index in [1.165, 1.54) is 10.9 Å². The summed E-state index contributed by atoms with van der Waals surface area (Å²) in [6.45, 7) is 2.42. The van der Waals surface area contributed by atoms with Gasteiger partial charge in [-0.15, -0.1) is 0 Å². The number of nitrogen functional groups attached to an aromatic ring is 1. The Kier molecular flexibility index (Phi) is 4.99. The van der Waals surface area contributed by atoms with E-state index < -0.39 is 0 Å². The van der Waals surface area contributed by atoms with E-state index in [0.717, 1.165) is 0 Å². The number of esters is 1. The van der Waals surface area contributed by atoms with Crippen LogP contribution in [0.25, 0.3) is 0 Å². The van der Waals surface area contributed by atoms with Gasteiger partial charge in [0.25, 0.3) is 0 Å². The van der Waals surface area contributed by atoms with Crippen LogP contribution >= 0.6 is 0 Å². The summed E-state index contributed by atoms with van der Waals surface area (Å²) in [5, 5.41) is 6.46. The molecule has 0 bridgehead atoms. The summed E-state index contributed by atoms with van der Waals surface area (Å²) in [6.07, 6.45) is 3.19. The van der Waals surface area contributed by atoms with Crippen LogP contribution in [0.3, 0.4) is 0 Å². The molecule has 1 aromatic rings. The van der Waals surface area contributed by atoms with Gasteiger partial charge in [-0.25, -0.2) is 0 Å². The molecule has 0 atom stereocenters. The number of rotatable bonds is 6. The zero-order chi connectivity index (χ0) is 12.7. The topological polar surface area (TPSA) is 99.2 Å². The molecule has 1 amide bonds. The van der Waals surface area contributed by atoms with E-state index in [9.17, 15) is 9.59 Å². The van der Waals surface area contributed by atoms with Crippen LogP contribution in [0.15, 0.2) is 12.4 Å². The third-order valence-electron chi connectivity index (χ3n) is 1.92. The number of aromatic nitrogens is 2. The van der Waals surface area contributed by atoms with Crippen molar-refractivity contribution in [3.63, 3.8) is 0 Å². The first-order chi connectivity index (χ1) is 8.11. The molecule has 7 nitrogen and oxygen atoms in total. The Morgan fingerprint density at radius 1 is 1.59 bits per heavy atom. The van der Waals surface area contributed by atoms with Crippen LogP contribution in [0.4, 0.5) is 5.69 Å². The smallest absolute Gasteiger partial charge is 0.307 e. The maximum atomic E-state index is 11.4. The molecule has 0 fully saturated rings. The fourth-order valence-corrected chi connectivity index (χ4v) is 1.21. The van der Waals surface area contributed by atoms with Crippen LogP contribution in [-0.4, -0.2) is 34.8 Å². The van der Waals surface area contributed by atoms with Gasteiger partial charge in [0.1, 0.15) is 6.54 Å². The molecule has 3 N–H and O–H groups in total. The van der Waals surface area contributed by atoms with Crippen molar-refractivity contribution in [2.45, 2.75) is 19.9 Å². The molecule has 94 valence electrons. The molecule has 0 aliphatic carbocycles. The summed E-state index contributed by atoms with van der Waals surface area (Å²) in [5.41, 5.74) is 5.96. The average molecular weight is 240 g/mol. The van der Waals surface area contributed by atoms with E-state index in [4.69, 9.17) is 10.5 Å². The SMILES string of the molecule is CCOC(=O)CCNC(=O)Cn1cc(N)cn1. The maximum Gasteiger partial charge on any atom is 0.307 e. The van der Waals surface area contributed by atoms with Crippen molar-refractivity contribution in [2.24, 2.45) is 0 Å². The van der Waals surface area contributed by atoms with Crippen LogP contribution < -0.4 is 11.1 Å². The number of carbonyl (C=O) groups is 2. The van der Waals surface area contributed by atoms with E-state index >= 15 is 0 Å². The van der Waals surface area contributed by atoms with Crippen LogP contribution in [0.2, 0.25) is 0 Å². The largest absolute Gasteiger partial charge is 0.466 e. The summed E-state index contributed by atoms with van der Waals surface area (Å²) in [4.78, 5) is 22.4. The van der Waals surface area contributed by atoms with E-state index in [1.54, 1.807) is 13.1 Å². The summed E-state index contributed by atoms with van der Waals surface area (Å²) in [6, 6.07) is 0. The zero-order valence-electron chi connectivity index (χ0n) is 9.68. The highest BCUT2D eigenvalue weighted by atomic mass is 16.5. The Hall–Kier alpha value is -2.05. The molecule has 0 unspecified atom stereocenters. The van der Waals surface area contributed by atoms with Gasteiger partial charge in [-0.1, -0.05) is 0 Å². The van der Waals surface area contributed by atoms with Crippen molar-refractivity contribution in [2.75, 3.05) is 18.9 Å². The third-order valence-corrected chi connectivity index (χ3v) is 1.92. The minimum atomic E-state index is -0.323. The van der Waals surface area contributed by atoms with Gasteiger partial charge in [0, 0.05) is 12.7 Å². The van der Waals surface area contributed by atoms with Crippen molar-refractivity contribution in [3.05, 3.63) is 12.4 Å². The predicted molar refractivity (Wildman–Crippen MR) is 60.9 cm³/mol. The fraction of sp³-hybridized carbons (Fsp3) is 0.500. The van der Waals surface area contributed by atoms with Crippen molar-refractivity contribution in [1.82, 2.24) is 15.1 Å². The predicted octanol–water partition coefficient (Wildman–Crippen LogP) is -0.465. The number of nitrogens with zero attached hydrogens (tertiary/aromatic N) is 2. The van der Waals surface area contributed by atoms with E-state index in [0.29, 0.717) is 12.3 Å². The van der Waals surface area contributed by atoms with Gasteiger partial charge in [-0.2, -0.15) is 5.10 Å². The number of anilines is 1. The molecule has 1 aromatic heterocycles. The molecule has 7 heteroatoms. The molecule has 0 saturated heterocycles. The normalized spacial score (nSPS) is 9.94. The summed E-state index contributed by atoms with van der Waals surface area (Å²) in [5.74, 6) is -0.548. The maximum absolute atomic E-state index is 11.4. The van der Waals surface area contributed by atoms with Crippen molar-refractivity contribution in [1.29, 1.82) is 0 Å². The van der Waals surface area contributed by atoms with Crippen LogP contribution in [0.1, 0.15) is 13.3 Å². The first-order valence-electron chi connectivity index (χ1n) is 5.32. The molecule has 0 aromatic carbocycles. The monoisotopic (exact) mass is 240 g/mol. The second-order valence-corrected chi connectivity index (χ2v) is 3.38. The number of hydrogen-bond donors (Lipinski definition) is 2. The first-order valence-corrected chi connectivity index (χ1v) is 5.32. The standard InChI is InChI=1S/C10H16N4O3/c1-2-17-10(16)3-4-12-9(15)7-14-6-8(11)5-13-14/h5-6H,2-4,7,11H2,1H3,(H,12,15). The quantitative estimate of drug-likeness (QED) is 0.655. The van der Waals surface area contributed by atoms with Gasteiger partial charge in [-0.3, -0.25) is 14.3 Å². The lowest BCUT2D eigenvalue weighted by Gasteiger charge is -2.05. The molecule has 1 rings (SSSR count). The Morgan fingerprint density at radius 3 is 2.94 bits per heavy atom. The molecular formula is C10H16N4O3. The van der Waals surface area contributed by atoms with Gasteiger partial charge in [0.05, 0.1) is 24.9 Å². The van der Waals surface area contributed by atoms with Crippen molar-refractivity contribution < 1.29 is 14.3 Å². The van der Waals surface area contributed by atoms with E-state index in [-0.39, 0.29) is 31.4 Å². The fourth-order valence-electron chi connectivity index (χ4n) is 1.21. The lowest BCUT2D eigenvalue weighted by molar-refractivity contribution is -0.143. The number of nitrogens with two attached hydrogens (primary N) is 1. The zero-order valence-corrected chi connectivity index (χ0v) is 9.68. The molecule has 17 heavy (non-hydrogen) atoms. The van der Waals surface area contributed by atoms with E-state index in [2.05, 4.69) is 10.4 Å². The highest BCUT2D eigenvalue weighted by Gasteiger charge is 2.05.